The molecule has 6 heteroatoms. The summed E-state index contributed by atoms with van der Waals surface area (Å²) >= 11 is 0. The fourth-order valence-corrected chi connectivity index (χ4v) is 1.12. The van der Waals surface area contributed by atoms with Crippen molar-refractivity contribution in [3.63, 3.8) is 0 Å². The van der Waals surface area contributed by atoms with Gasteiger partial charge in [0, 0.05) is 11.8 Å². The van der Waals surface area contributed by atoms with Gasteiger partial charge in [-0.1, -0.05) is 22.7 Å². The minimum absolute atomic E-state index is 0.0833. The lowest BCUT2D eigenvalue weighted by molar-refractivity contribution is -0.0274. The van der Waals surface area contributed by atoms with Crippen molar-refractivity contribution in [2.75, 3.05) is 5.32 Å². The number of benzene rings is 1. The molecule has 1 aliphatic rings. The van der Waals surface area contributed by atoms with E-state index in [1.54, 1.807) is 29.7 Å². The molecule has 1 heterocycles. The molecule has 0 bridgehead atoms. The molecule has 1 aromatic carbocycles. The van der Waals surface area contributed by atoms with Gasteiger partial charge in [0.2, 0.25) is 5.95 Å². The van der Waals surface area contributed by atoms with E-state index < -0.39 is 5.95 Å². The molecule has 0 saturated carbocycles. The van der Waals surface area contributed by atoms with E-state index in [1.165, 1.54) is 0 Å². The molecule has 2 rings (SSSR count). The Kier molecular flexibility index (Phi) is 2.49. The lowest BCUT2D eigenvalue weighted by Crippen LogP contribution is -2.31. The maximum Gasteiger partial charge on any atom is 0.212 e. The van der Waals surface area contributed by atoms with Gasteiger partial charge < -0.3 is 5.32 Å². The second kappa shape index (κ2) is 3.95. The molecule has 0 saturated heterocycles. The van der Waals surface area contributed by atoms with Gasteiger partial charge in [-0.3, -0.25) is 0 Å². The molecule has 15 heavy (non-hydrogen) atoms. The molecule has 0 aliphatic carbocycles. The number of halogens is 2. The molecule has 0 unspecified atom stereocenters. The predicted octanol–water partition coefficient (Wildman–Crippen LogP) is 1.93. The van der Waals surface area contributed by atoms with E-state index in [0.717, 1.165) is 6.08 Å². The highest BCUT2D eigenvalue weighted by molar-refractivity contribution is 6.04. The molecule has 78 valence electrons. The molecule has 0 amide bonds. The van der Waals surface area contributed by atoms with Gasteiger partial charge in [-0.15, -0.1) is 5.10 Å². The van der Waals surface area contributed by atoms with Gasteiger partial charge in [-0.05, 0) is 17.5 Å². The van der Waals surface area contributed by atoms with Crippen molar-refractivity contribution in [1.82, 2.24) is 10.8 Å². The van der Waals surface area contributed by atoms with Crippen molar-refractivity contribution in [2.24, 2.45) is 5.10 Å². The molecule has 1 aliphatic heterocycles. The van der Waals surface area contributed by atoms with Crippen LogP contribution in [0.15, 0.2) is 47.5 Å². The number of nitrogens with zero attached hydrogens (tertiary/aromatic N) is 2. The predicted molar refractivity (Wildman–Crippen MR) is 52.8 cm³/mol. The van der Waals surface area contributed by atoms with E-state index in [-0.39, 0.29) is 11.2 Å². The zero-order valence-corrected chi connectivity index (χ0v) is 7.61. The maximum absolute atomic E-state index is 12.7. The summed E-state index contributed by atoms with van der Waals surface area (Å²) in [5, 5.41) is 5.93. The summed E-state index contributed by atoms with van der Waals surface area (Å²) in [6, 6.07) is 8.97. The van der Waals surface area contributed by atoms with Gasteiger partial charge >= 0.3 is 0 Å². The molecule has 0 radical (unpaired) electrons. The SMILES string of the molecule is FC1=CC(Nc2ccccc2)=NN(F)N1. The van der Waals surface area contributed by atoms with Crippen LogP contribution in [0.3, 0.4) is 0 Å². The summed E-state index contributed by atoms with van der Waals surface area (Å²) < 4.78 is 25.3. The van der Waals surface area contributed by atoms with Crippen LogP contribution in [0, 0.1) is 0 Å². The Morgan fingerprint density at radius 2 is 2.00 bits per heavy atom. The molecule has 1 aromatic rings. The van der Waals surface area contributed by atoms with Crippen molar-refractivity contribution in [3.05, 3.63) is 42.4 Å². The molecule has 0 atom stereocenters. The first-order valence-corrected chi connectivity index (χ1v) is 4.24. The Hall–Kier alpha value is -2.11. The van der Waals surface area contributed by atoms with Crippen molar-refractivity contribution in [3.8, 4) is 0 Å². The van der Waals surface area contributed by atoms with Crippen LogP contribution >= 0.6 is 0 Å². The number of hydrogen-bond acceptors (Lipinski definition) is 4. The molecular formula is C9H8F2N4. The zero-order chi connectivity index (χ0) is 10.7. The Bertz CT molecular complexity index is 402. The van der Waals surface area contributed by atoms with E-state index in [9.17, 15) is 8.87 Å². The Morgan fingerprint density at radius 3 is 2.67 bits per heavy atom. The second-order valence-electron chi connectivity index (χ2n) is 2.84. The average Bonchev–Trinajstić information content (AvgIpc) is 2.17. The van der Waals surface area contributed by atoms with Crippen molar-refractivity contribution < 1.29 is 8.87 Å². The summed E-state index contributed by atoms with van der Waals surface area (Å²) in [5.74, 6) is -0.731. The van der Waals surface area contributed by atoms with Crippen LogP contribution in [0.4, 0.5) is 14.6 Å². The van der Waals surface area contributed by atoms with E-state index in [0.29, 0.717) is 5.69 Å². The van der Waals surface area contributed by atoms with Crippen LogP contribution < -0.4 is 10.7 Å². The third-order valence-electron chi connectivity index (χ3n) is 1.70. The third-order valence-corrected chi connectivity index (χ3v) is 1.70. The second-order valence-corrected chi connectivity index (χ2v) is 2.84. The first-order chi connectivity index (χ1) is 7.24. The number of para-hydroxylation sites is 1. The highest BCUT2D eigenvalue weighted by Gasteiger charge is 2.11. The number of amidine groups is 1. The summed E-state index contributed by atoms with van der Waals surface area (Å²) in [5.41, 5.74) is 2.43. The van der Waals surface area contributed by atoms with E-state index in [4.69, 9.17) is 0 Å². The minimum atomic E-state index is -0.814. The molecule has 0 spiro atoms. The summed E-state index contributed by atoms with van der Waals surface area (Å²) in [4.78, 5) is 0. The Morgan fingerprint density at radius 1 is 1.27 bits per heavy atom. The minimum Gasteiger partial charge on any atom is -0.339 e. The Balaban J connectivity index is 2.13. The standard InChI is InChI=1S/C9H8F2N4/c10-8-6-9(14-15(11)13-8)12-7-4-2-1-3-5-7/h1-6,13H,(H,12,14). The summed E-state index contributed by atoms with van der Waals surface area (Å²) in [6.45, 7) is 0. The van der Waals surface area contributed by atoms with Crippen molar-refractivity contribution >= 4 is 11.5 Å². The smallest absolute Gasteiger partial charge is 0.212 e. The van der Waals surface area contributed by atoms with E-state index in [2.05, 4.69) is 10.4 Å². The topological polar surface area (TPSA) is 39.7 Å². The number of hydrogen-bond donors (Lipinski definition) is 2. The van der Waals surface area contributed by atoms with Gasteiger partial charge in [0.1, 0.15) is 0 Å². The first-order valence-electron chi connectivity index (χ1n) is 4.24. The van der Waals surface area contributed by atoms with Gasteiger partial charge in [-0.25, -0.2) is 5.43 Å². The zero-order valence-electron chi connectivity index (χ0n) is 7.61. The van der Waals surface area contributed by atoms with Crippen molar-refractivity contribution in [2.45, 2.75) is 0 Å². The number of hydrazone groups is 1. The monoisotopic (exact) mass is 210 g/mol. The highest BCUT2D eigenvalue weighted by atomic mass is 19.2. The quantitative estimate of drug-likeness (QED) is 0.549. The lowest BCUT2D eigenvalue weighted by Gasteiger charge is -2.15. The molecule has 4 nitrogen and oxygen atoms in total. The van der Waals surface area contributed by atoms with Crippen LogP contribution in [0.2, 0.25) is 0 Å². The maximum atomic E-state index is 12.7. The third kappa shape index (κ3) is 2.43. The number of hydrazine groups is 1. The molecule has 0 aromatic heterocycles. The Labute approximate surface area is 84.8 Å². The van der Waals surface area contributed by atoms with Crippen LogP contribution in [0.5, 0.6) is 0 Å². The number of rotatable bonds is 1. The van der Waals surface area contributed by atoms with Gasteiger partial charge in [0.15, 0.2) is 5.84 Å². The summed E-state index contributed by atoms with van der Waals surface area (Å²) in [7, 11) is 0. The fourth-order valence-electron chi connectivity index (χ4n) is 1.12. The van der Waals surface area contributed by atoms with E-state index in [1.807, 2.05) is 6.07 Å². The largest absolute Gasteiger partial charge is 0.339 e. The van der Waals surface area contributed by atoms with Gasteiger partial charge in [0.05, 0.1) is 0 Å². The fraction of sp³-hybridized carbons (Fsp3) is 0. The van der Waals surface area contributed by atoms with Crippen LogP contribution in [0.25, 0.3) is 0 Å². The van der Waals surface area contributed by atoms with Crippen LogP contribution in [-0.4, -0.2) is 11.2 Å². The van der Waals surface area contributed by atoms with Crippen LogP contribution in [0.1, 0.15) is 0 Å². The number of anilines is 1. The molecular weight excluding hydrogens is 202 g/mol. The molecule has 2 N–H and O–H groups in total. The lowest BCUT2D eigenvalue weighted by atomic mass is 10.3. The van der Waals surface area contributed by atoms with Gasteiger partial charge in [0.25, 0.3) is 0 Å². The van der Waals surface area contributed by atoms with Gasteiger partial charge in [-0.2, -0.15) is 4.39 Å². The number of nitrogens with one attached hydrogen (secondary N) is 2. The molecule has 0 fully saturated rings. The normalized spacial score (nSPS) is 15.2. The average molecular weight is 210 g/mol. The first kappa shape index (κ1) is 9.45. The summed E-state index contributed by atoms with van der Waals surface area (Å²) in [6.07, 6.45) is 1.06. The van der Waals surface area contributed by atoms with Crippen LogP contribution in [-0.2, 0) is 0 Å². The van der Waals surface area contributed by atoms with E-state index >= 15 is 0 Å². The van der Waals surface area contributed by atoms with Crippen molar-refractivity contribution in [1.29, 1.82) is 0 Å². The highest BCUT2D eigenvalue weighted by Crippen LogP contribution is 2.09.